The van der Waals surface area contributed by atoms with E-state index in [0.717, 1.165) is 44.2 Å². The molecule has 4 nitrogen and oxygen atoms in total. The van der Waals surface area contributed by atoms with E-state index in [-0.39, 0.29) is 0 Å². The van der Waals surface area contributed by atoms with Crippen LogP contribution < -0.4 is 19.7 Å². The summed E-state index contributed by atoms with van der Waals surface area (Å²) in [5.41, 5.74) is 1.23. The van der Waals surface area contributed by atoms with Gasteiger partial charge in [-0.15, -0.1) is 0 Å². The van der Waals surface area contributed by atoms with Crippen LogP contribution in [-0.4, -0.2) is 39.4 Å². The minimum Gasteiger partial charge on any atom is -0.490 e. The van der Waals surface area contributed by atoms with E-state index in [2.05, 4.69) is 22.3 Å². The lowest BCUT2D eigenvalue weighted by molar-refractivity contribution is 0.297. The van der Waals surface area contributed by atoms with Crippen molar-refractivity contribution in [3.8, 4) is 11.5 Å². The molecule has 2 heterocycles. The van der Waals surface area contributed by atoms with Gasteiger partial charge >= 0.3 is 0 Å². The highest BCUT2D eigenvalue weighted by Gasteiger charge is 2.22. The molecular formula is C14H20N2O2. The third kappa shape index (κ3) is 2.25. The van der Waals surface area contributed by atoms with Gasteiger partial charge in [0.2, 0.25) is 0 Å². The monoisotopic (exact) mass is 248 g/mol. The van der Waals surface area contributed by atoms with Gasteiger partial charge in [0, 0.05) is 37.3 Å². The van der Waals surface area contributed by atoms with Crippen LogP contribution in [-0.2, 0) is 0 Å². The third-order valence-electron chi connectivity index (χ3n) is 3.69. The van der Waals surface area contributed by atoms with Crippen LogP contribution in [0.15, 0.2) is 18.2 Å². The van der Waals surface area contributed by atoms with Crippen molar-refractivity contribution < 1.29 is 9.47 Å². The van der Waals surface area contributed by atoms with E-state index < -0.39 is 0 Å². The largest absolute Gasteiger partial charge is 0.490 e. The van der Waals surface area contributed by atoms with Gasteiger partial charge in [0.15, 0.2) is 11.5 Å². The van der Waals surface area contributed by atoms with Crippen LogP contribution in [0, 0.1) is 0 Å². The normalized spacial score (nSPS) is 22.9. The zero-order valence-electron chi connectivity index (χ0n) is 10.8. The lowest BCUT2D eigenvalue weighted by Crippen LogP contribution is -2.29. The van der Waals surface area contributed by atoms with E-state index in [9.17, 15) is 0 Å². The Morgan fingerprint density at radius 3 is 2.83 bits per heavy atom. The number of hydrogen-bond donors (Lipinski definition) is 1. The van der Waals surface area contributed by atoms with E-state index >= 15 is 0 Å². The van der Waals surface area contributed by atoms with Crippen molar-refractivity contribution >= 4 is 5.69 Å². The smallest absolute Gasteiger partial charge is 0.163 e. The molecule has 0 aliphatic carbocycles. The molecule has 4 heteroatoms. The number of anilines is 1. The maximum Gasteiger partial charge on any atom is 0.163 e. The minimum atomic E-state index is 0.598. The fourth-order valence-electron chi connectivity index (χ4n) is 2.58. The molecule has 1 fully saturated rings. The topological polar surface area (TPSA) is 33.7 Å². The molecular weight excluding hydrogens is 228 g/mol. The number of fused-ring (bicyclic) bond motifs is 1. The Bertz CT molecular complexity index is 422. The number of nitrogens with one attached hydrogen (secondary N) is 1. The summed E-state index contributed by atoms with van der Waals surface area (Å²) >= 11 is 0. The summed E-state index contributed by atoms with van der Waals surface area (Å²) in [5.74, 6) is 1.76. The Labute approximate surface area is 108 Å². The maximum absolute atomic E-state index is 5.73. The number of likely N-dealkylation sites (N-methyl/N-ethyl adjacent to an activating group) is 1. The minimum absolute atomic E-state index is 0.598. The predicted molar refractivity (Wildman–Crippen MR) is 71.7 cm³/mol. The van der Waals surface area contributed by atoms with Crippen LogP contribution >= 0.6 is 0 Å². The molecule has 98 valence electrons. The number of ether oxygens (including phenoxy) is 2. The quantitative estimate of drug-likeness (QED) is 0.863. The summed E-state index contributed by atoms with van der Waals surface area (Å²) in [7, 11) is 2.03. The second kappa shape index (κ2) is 5.06. The molecule has 0 spiro atoms. The molecule has 1 aromatic carbocycles. The summed E-state index contributed by atoms with van der Waals surface area (Å²) in [6.07, 6.45) is 2.15. The number of rotatable bonds is 2. The zero-order chi connectivity index (χ0) is 12.4. The maximum atomic E-state index is 5.73. The molecule has 2 aliphatic heterocycles. The van der Waals surface area contributed by atoms with Crippen molar-refractivity contribution in [2.24, 2.45) is 0 Å². The highest BCUT2D eigenvalue weighted by Crippen LogP contribution is 2.34. The first-order chi connectivity index (χ1) is 8.86. The highest BCUT2D eigenvalue weighted by molar-refractivity contribution is 5.57. The standard InChI is InChI=1S/C14H20N2O2/c1-15-11-5-6-16(10-11)12-3-4-13-14(9-12)18-8-2-7-17-13/h3-4,9,11,15H,2,5-8,10H2,1H3. The van der Waals surface area contributed by atoms with Gasteiger partial charge in [-0.2, -0.15) is 0 Å². The van der Waals surface area contributed by atoms with Crippen molar-refractivity contribution in [1.29, 1.82) is 0 Å². The van der Waals surface area contributed by atoms with Crippen LogP contribution in [0.1, 0.15) is 12.8 Å². The second-order valence-corrected chi connectivity index (χ2v) is 4.90. The molecule has 1 atom stereocenters. The molecule has 1 unspecified atom stereocenters. The van der Waals surface area contributed by atoms with Gasteiger partial charge in [0.1, 0.15) is 0 Å². The molecule has 1 N–H and O–H groups in total. The van der Waals surface area contributed by atoms with Crippen LogP contribution in [0.2, 0.25) is 0 Å². The van der Waals surface area contributed by atoms with Gasteiger partial charge in [-0.3, -0.25) is 0 Å². The van der Waals surface area contributed by atoms with E-state index in [4.69, 9.17) is 9.47 Å². The van der Waals surface area contributed by atoms with Gasteiger partial charge in [-0.1, -0.05) is 0 Å². The molecule has 1 aromatic rings. The van der Waals surface area contributed by atoms with Crippen LogP contribution in [0.25, 0.3) is 0 Å². The summed E-state index contributed by atoms with van der Waals surface area (Å²) in [6.45, 7) is 3.66. The molecule has 3 rings (SSSR count). The lowest BCUT2D eigenvalue weighted by atomic mass is 10.2. The fourth-order valence-corrected chi connectivity index (χ4v) is 2.58. The third-order valence-corrected chi connectivity index (χ3v) is 3.69. The molecule has 2 aliphatic rings. The summed E-state index contributed by atoms with van der Waals surface area (Å²) in [4.78, 5) is 2.40. The molecule has 0 bridgehead atoms. The predicted octanol–water partition coefficient (Wildman–Crippen LogP) is 1.65. The first kappa shape index (κ1) is 11.7. The van der Waals surface area contributed by atoms with E-state index in [1.165, 1.54) is 12.1 Å². The highest BCUT2D eigenvalue weighted by atomic mass is 16.5. The van der Waals surface area contributed by atoms with Crippen molar-refractivity contribution in [2.75, 3.05) is 38.3 Å². The Morgan fingerprint density at radius 2 is 2.06 bits per heavy atom. The molecule has 0 saturated carbocycles. The first-order valence-electron chi connectivity index (χ1n) is 6.68. The van der Waals surface area contributed by atoms with E-state index in [1.54, 1.807) is 0 Å². The van der Waals surface area contributed by atoms with Gasteiger partial charge in [0.05, 0.1) is 13.2 Å². The summed E-state index contributed by atoms with van der Waals surface area (Å²) in [6, 6.07) is 6.87. The average Bonchev–Trinajstić information content (AvgIpc) is 2.76. The SMILES string of the molecule is CNC1CCN(c2ccc3c(c2)OCCCO3)C1. The fraction of sp³-hybridized carbons (Fsp3) is 0.571. The Morgan fingerprint density at radius 1 is 1.22 bits per heavy atom. The lowest BCUT2D eigenvalue weighted by Gasteiger charge is -2.20. The molecule has 18 heavy (non-hydrogen) atoms. The number of hydrogen-bond acceptors (Lipinski definition) is 4. The van der Waals surface area contributed by atoms with Crippen LogP contribution in [0.4, 0.5) is 5.69 Å². The molecule has 0 amide bonds. The van der Waals surface area contributed by atoms with Crippen molar-refractivity contribution in [3.63, 3.8) is 0 Å². The Balaban J connectivity index is 1.79. The average molecular weight is 248 g/mol. The molecule has 0 radical (unpaired) electrons. The van der Waals surface area contributed by atoms with Crippen molar-refractivity contribution in [2.45, 2.75) is 18.9 Å². The summed E-state index contributed by atoms with van der Waals surface area (Å²) in [5, 5.41) is 3.34. The van der Waals surface area contributed by atoms with Crippen molar-refractivity contribution in [1.82, 2.24) is 5.32 Å². The first-order valence-corrected chi connectivity index (χ1v) is 6.68. The Hall–Kier alpha value is -1.42. The summed E-state index contributed by atoms with van der Waals surface area (Å²) < 4.78 is 11.4. The zero-order valence-corrected chi connectivity index (χ0v) is 10.8. The van der Waals surface area contributed by atoms with Crippen LogP contribution in [0.5, 0.6) is 11.5 Å². The van der Waals surface area contributed by atoms with Crippen molar-refractivity contribution in [3.05, 3.63) is 18.2 Å². The van der Waals surface area contributed by atoms with Crippen LogP contribution in [0.3, 0.4) is 0 Å². The number of benzene rings is 1. The van der Waals surface area contributed by atoms with Gasteiger partial charge in [-0.05, 0) is 25.6 Å². The molecule has 1 saturated heterocycles. The van der Waals surface area contributed by atoms with Gasteiger partial charge < -0.3 is 19.7 Å². The van der Waals surface area contributed by atoms with Gasteiger partial charge in [0.25, 0.3) is 0 Å². The number of nitrogens with zero attached hydrogens (tertiary/aromatic N) is 1. The molecule has 0 aromatic heterocycles. The van der Waals surface area contributed by atoms with E-state index in [1.807, 2.05) is 13.1 Å². The van der Waals surface area contributed by atoms with Gasteiger partial charge in [-0.25, -0.2) is 0 Å². The van der Waals surface area contributed by atoms with E-state index in [0.29, 0.717) is 6.04 Å². The second-order valence-electron chi connectivity index (χ2n) is 4.90. The Kier molecular flexibility index (Phi) is 3.28.